The summed E-state index contributed by atoms with van der Waals surface area (Å²) in [6.45, 7) is 3.29. The van der Waals surface area contributed by atoms with E-state index < -0.39 is 5.97 Å². The minimum atomic E-state index is -0.981. The maximum atomic E-state index is 10.8. The van der Waals surface area contributed by atoms with Crippen LogP contribution in [0.4, 0.5) is 0 Å². The van der Waals surface area contributed by atoms with Gasteiger partial charge in [0, 0.05) is 0 Å². The molecule has 13 heavy (non-hydrogen) atoms. The van der Waals surface area contributed by atoms with Crippen LogP contribution in [0.2, 0.25) is 0 Å². The van der Waals surface area contributed by atoms with Crippen molar-refractivity contribution in [2.24, 2.45) is 0 Å². The van der Waals surface area contributed by atoms with Crippen molar-refractivity contribution in [2.45, 2.75) is 20.5 Å². The molecule has 1 aromatic carbocycles. The normalized spacial score (nSPS) is 10.1. The smallest absolute Gasteiger partial charge is 0.336 e. The maximum absolute atomic E-state index is 10.8. The molecule has 70 valence electrons. The highest BCUT2D eigenvalue weighted by Crippen LogP contribution is 2.18. The zero-order valence-corrected chi connectivity index (χ0v) is 7.66. The second-order valence-corrected chi connectivity index (χ2v) is 3.02. The molecule has 1 rings (SSSR count). The molecule has 0 aromatic heterocycles. The van der Waals surface area contributed by atoms with E-state index in [0.717, 1.165) is 5.56 Å². The molecular formula is C10H12O3. The summed E-state index contributed by atoms with van der Waals surface area (Å²) in [5.74, 6) is -0.981. The van der Waals surface area contributed by atoms with E-state index in [-0.39, 0.29) is 12.2 Å². The average molecular weight is 180 g/mol. The van der Waals surface area contributed by atoms with Crippen molar-refractivity contribution in [3.8, 4) is 0 Å². The Morgan fingerprint density at radius 2 is 1.85 bits per heavy atom. The third-order valence-electron chi connectivity index (χ3n) is 2.13. The van der Waals surface area contributed by atoms with E-state index in [1.54, 1.807) is 19.9 Å². The lowest BCUT2D eigenvalue weighted by molar-refractivity contribution is 0.0692. The van der Waals surface area contributed by atoms with E-state index >= 15 is 0 Å². The van der Waals surface area contributed by atoms with Crippen LogP contribution in [0.3, 0.4) is 0 Å². The van der Waals surface area contributed by atoms with Crippen LogP contribution < -0.4 is 0 Å². The predicted molar refractivity (Wildman–Crippen MR) is 48.8 cm³/mol. The van der Waals surface area contributed by atoms with Crippen LogP contribution in [-0.4, -0.2) is 16.2 Å². The molecule has 0 aliphatic carbocycles. The van der Waals surface area contributed by atoms with Gasteiger partial charge in [0.2, 0.25) is 0 Å². The van der Waals surface area contributed by atoms with E-state index in [9.17, 15) is 4.79 Å². The monoisotopic (exact) mass is 180 g/mol. The van der Waals surface area contributed by atoms with Gasteiger partial charge in [0.05, 0.1) is 12.2 Å². The summed E-state index contributed by atoms with van der Waals surface area (Å²) in [4.78, 5) is 10.8. The number of benzene rings is 1. The van der Waals surface area contributed by atoms with Crippen LogP contribution in [0.1, 0.15) is 27.0 Å². The standard InChI is InChI=1S/C10H12O3/c1-6-3-4-7(2)9(10(12)13)8(6)5-11/h3-4,11H,5H2,1-2H3,(H,12,13). The second-order valence-electron chi connectivity index (χ2n) is 3.02. The van der Waals surface area contributed by atoms with Crippen molar-refractivity contribution >= 4 is 5.97 Å². The van der Waals surface area contributed by atoms with Gasteiger partial charge in [-0.15, -0.1) is 0 Å². The SMILES string of the molecule is Cc1ccc(C)c(C(=O)O)c1CO. The van der Waals surface area contributed by atoms with Crippen molar-refractivity contribution in [2.75, 3.05) is 0 Å². The van der Waals surface area contributed by atoms with Gasteiger partial charge in [-0.3, -0.25) is 0 Å². The van der Waals surface area contributed by atoms with Crippen molar-refractivity contribution in [1.82, 2.24) is 0 Å². The summed E-state index contributed by atoms with van der Waals surface area (Å²) in [5, 5.41) is 17.9. The first-order chi connectivity index (χ1) is 6.07. The molecule has 0 heterocycles. The van der Waals surface area contributed by atoms with Crippen molar-refractivity contribution in [3.63, 3.8) is 0 Å². The molecule has 0 atom stereocenters. The first kappa shape index (κ1) is 9.74. The molecule has 0 aliphatic rings. The van der Waals surface area contributed by atoms with Gasteiger partial charge in [-0.05, 0) is 30.5 Å². The highest BCUT2D eigenvalue weighted by atomic mass is 16.4. The second kappa shape index (κ2) is 3.58. The Hall–Kier alpha value is -1.35. The van der Waals surface area contributed by atoms with Crippen molar-refractivity contribution in [1.29, 1.82) is 0 Å². The highest BCUT2D eigenvalue weighted by Gasteiger charge is 2.13. The molecule has 0 amide bonds. The Balaban J connectivity index is 3.43. The lowest BCUT2D eigenvalue weighted by Crippen LogP contribution is -2.07. The van der Waals surface area contributed by atoms with Gasteiger partial charge >= 0.3 is 5.97 Å². The number of aryl methyl sites for hydroxylation is 2. The minimum absolute atomic E-state index is 0.225. The highest BCUT2D eigenvalue weighted by molar-refractivity contribution is 5.91. The number of hydrogen-bond acceptors (Lipinski definition) is 2. The van der Waals surface area contributed by atoms with Gasteiger partial charge in [0.25, 0.3) is 0 Å². The molecular weight excluding hydrogens is 168 g/mol. The number of rotatable bonds is 2. The summed E-state index contributed by atoms with van der Waals surface area (Å²) < 4.78 is 0. The molecule has 2 N–H and O–H groups in total. The number of carboxylic acids is 1. The fraction of sp³-hybridized carbons (Fsp3) is 0.300. The number of aliphatic hydroxyl groups is 1. The van der Waals surface area contributed by atoms with Gasteiger partial charge < -0.3 is 10.2 Å². The van der Waals surface area contributed by atoms with Gasteiger partial charge in [-0.2, -0.15) is 0 Å². The lowest BCUT2D eigenvalue weighted by atomic mass is 9.98. The zero-order valence-electron chi connectivity index (χ0n) is 7.66. The lowest BCUT2D eigenvalue weighted by Gasteiger charge is -2.09. The van der Waals surface area contributed by atoms with Crippen LogP contribution in [0.5, 0.6) is 0 Å². The van der Waals surface area contributed by atoms with E-state index in [1.165, 1.54) is 0 Å². The fourth-order valence-corrected chi connectivity index (χ4v) is 1.37. The molecule has 0 unspecified atom stereocenters. The quantitative estimate of drug-likeness (QED) is 0.725. The molecule has 1 aromatic rings. The molecule has 0 bridgehead atoms. The Morgan fingerprint density at radius 3 is 2.23 bits per heavy atom. The molecule has 0 spiro atoms. The van der Waals surface area contributed by atoms with Gasteiger partial charge in [0.1, 0.15) is 0 Å². The van der Waals surface area contributed by atoms with Crippen LogP contribution in [-0.2, 0) is 6.61 Å². The molecule has 3 nitrogen and oxygen atoms in total. The number of aliphatic hydroxyl groups excluding tert-OH is 1. The topological polar surface area (TPSA) is 57.5 Å². The molecule has 0 aliphatic heterocycles. The van der Waals surface area contributed by atoms with Crippen LogP contribution >= 0.6 is 0 Å². The minimum Gasteiger partial charge on any atom is -0.478 e. The van der Waals surface area contributed by atoms with Gasteiger partial charge in [0.15, 0.2) is 0 Å². The third-order valence-corrected chi connectivity index (χ3v) is 2.13. The van der Waals surface area contributed by atoms with Crippen molar-refractivity contribution in [3.05, 3.63) is 34.4 Å². The summed E-state index contributed by atoms with van der Waals surface area (Å²) in [7, 11) is 0. The van der Waals surface area contributed by atoms with Crippen LogP contribution in [0, 0.1) is 13.8 Å². The first-order valence-electron chi connectivity index (χ1n) is 4.01. The summed E-state index contributed by atoms with van der Waals surface area (Å²) in [5.41, 5.74) is 2.22. The predicted octanol–water partition coefficient (Wildman–Crippen LogP) is 1.49. The molecule has 0 radical (unpaired) electrons. The third kappa shape index (κ3) is 1.70. The Labute approximate surface area is 76.6 Å². The number of carbonyl (C=O) groups is 1. The number of aromatic carboxylic acids is 1. The van der Waals surface area contributed by atoms with E-state index in [1.807, 2.05) is 6.07 Å². The van der Waals surface area contributed by atoms with Crippen LogP contribution in [0.25, 0.3) is 0 Å². The Bertz CT molecular complexity index is 342. The average Bonchev–Trinajstić information content (AvgIpc) is 2.07. The number of carboxylic acid groups (broad SMARTS) is 1. The first-order valence-corrected chi connectivity index (χ1v) is 4.01. The van der Waals surface area contributed by atoms with E-state index in [0.29, 0.717) is 11.1 Å². The summed E-state index contributed by atoms with van der Waals surface area (Å²) >= 11 is 0. The van der Waals surface area contributed by atoms with E-state index in [2.05, 4.69) is 0 Å². The molecule has 3 heteroatoms. The summed E-state index contributed by atoms with van der Waals surface area (Å²) in [6.07, 6.45) is 0. The maximum Gasteiger partial charge on any atom is 0.336 e. The van der Waals surface area contributed by atoms with Gasteiger partial charge in [-0.25, -0.2) is 4.79 Å². The summed E-state index contributed by atoms with van der Waals surface area (Å²) in [6, 6.07) is 3.56. The Kier molecular flexibility index (Phi) is 2.68. The Morgan fingerprint density at radius 1 is 1.31 bits per heavy atom. The molecule has 0 saturated carbocycles. The number of hydrogen-bond donors (Lipinski definition) is 2. The van der Waals surface area contributed by atoms with Gasteiger partial charge in [-0.1, -0.05) is 12.1 Å². The zero-order chi connectivity index (χ0) is 10.0. The fourth-order valence-electron chi connectivity index (χ4n) is 1.37. The molecule has 0 saturated heterocycles. The van der Waals surface area contributed by atoms with E-state index in [4.69, 9.17) is 10.2 Å². The van der Waals surface area contributed by atoms with Crippen molar-refractivity contribution < 1.29 is 15.0 Å². The largest absolute Gasteiger partial charge is 0.478 e. The molecule has 0 fully saturated rings. The van der Waals surface area contributed by atoms with Crippen LogP contribution in [0.15, 0.2) is 12.1 Å².